The smallest absolute Gasteiger partial charge is 0.406 e. The lowest BCUT2D eigenvalue weighted by atomic mass is 10.0. The topological polar surface area (TPSA) is 81.1 Å². The quantitative estimate of drug-likeness (QED) is 0.265. The van der Waals surface area contributed by atoms with Gasteiger partial charge in [0.15, 0.2) is 5.82 Å². The van der Waals surface area contributed by atoms with E-state index in [1.807, 2.05) is 56.3 Å². The number of carbonyl (C=O) groups is 1. The third-order valence-corrected chi connectivity index (χ3v) is 6.30. The van der Waals surface area contributed by atoms with Crippen molar-refractivity contribution in [3.63, 3.8) is 0 Å². The van der Waals surface area contributed by atoms with Crippen LogP contribution in [-0.2, 0) is 12.8 Å². The summed E-state index contributed by atoms with van der Waals surface area (Å²) in [5.74, 6) is 0.160. The van der Waals surface area contributed by atoms with E-state index in [1.54, 1.807) is 0 Å². The number of carbonyl (C=O) groups excluding carboxylic acids is 1. The fourth-order valence-electron chi connectivity index (χ4n) is 4.01. The lowest BCUT2D eigenvalue weighted by Crippen LogP contribution is -2.40. The summed E-state index contributed by atoms with van der Waals surface area (Å²) in [5.41, 5.74) is 5.31. The summed E-state index contributed by atoms with van der Waals surface area (Å²) in [5, 5.41) is 10.0. The first-order chi connectivity index (χ1) is 18.6. The number of aryl methyl sites for hydroxylation is 2. The predicted molar refractivity (Wildman–Crippen MR) is 146 cm³/mol. The first kappa shape index (κ1) is 27.8. The summed E-state index contributed by atoms with van der Waals surface area (Å²) in [4.78, 5) is 17.1. The van der Waals surface area contributed by atoms with Crippen molar-refractivity contribution in [3.8, 4) is 22.8 Å². The lowest BCUT2D eigenvalue weighted by molar-refractivity contribution is -0.274. The molecule has 1 heterocycles. The zero-order valence-electron chi connectivity index (χ0n) is 21.2. The SMILES string of the molecule is CCc1ccccc1C(=S)NC(=O)NCCc1ccc(-c2ncn(-c3ccc(OC(F)(F)F)cc3)n2)cc1C. The average molecular weight is 554 g/mol. The molecule has 0 atom stereocenters. The van der Waals surface area contributed by atoms with E-state index in [-0.39, 0.29) is 11.8 Å². The number of hydrogen-bond acceptors (Lipinski definition) is 5. The monoisotopic (exact) mass is 553 g/mol. The Kier molecular flexibility index (Phi) is 8.60. The highest BCUT2D eigenvalue weighted by atomic mass is 32.1. The van der Waals surface area contributed by atoms with Gasteiger partial charge >= 0.3 is 12.4 Å². The molecule has 11 heteroatoms. The van der Waals surface area contributed by atoms with Crippen molar-refractivity contribution in [3.05, 3.63) is 95.3 Å². The van der Waals surface area contributed by atoms with Gasteiger partial charge in [0.25, 0.3) is 0 Å². The second-order valence-electron chi connectivity index (χ2n) is 8.67. The van der Waals surface area contributed by atoms with Gasteiger partial charge < -0.3 is 10.1 Å². The van der Waals surface area contributed by atoms with Crippen LogP contribution >= 0.6 is 12.2 Å². The summed E-state index contributed by atoms with van der Waals surface area (Å²) in [7, 11) is 0. The van der Waals surface area contributed by atoms with Crippen LogP contribution in [0.5, 0.6) is 5.75 Å². The Morgan fingerprint density at radius 1 is 1.05 bits per heavy atom. The minimum absolute atomic E-state index is 0.311. The number of halogens is 3. The van der Waals surface area contributed by atoms with Gasteiger partial charge in [0, 0.05) is 17.7 Å². The van der Waals surface area contributed by atoms with E-state index >= 15 is 0 Å². The molecule has 0 radical (unpaired) electrons. The molecule has 202 valence electrons. The molecule has 0 saturated carbocycles. The lowest BCUT2D eigenvalue weighted by Gasteiger charge is -2.12. The van der Waals surface area contributed by atoms with Crippen LogP contribution in [0.1, 0.15) is 29.2 Å². The fraction of sp³-hybridized carbons (Fsp3) is 0.214. The molecule has 4 aromatic rings. The Hall–Kier alpha value is -4.25. The van der Waals surface area contributed by atoms with Crippen LogP contribution < -0.4 is 15.4 Å². The van der Waals surface area contributed by atoms with Crippen LogP contribution in [0.4, 0.5) is 18.0 Å². The van der Waals surface area contributed by atoms with E-state index in [9.17, 15) is 18.0 Å². The second-order valence-corrected chi connectivity index (χ2v) is 9.07. The van der Waals surface area contributed by atoms with Crippen LogP contribution in [-0.4, -0.2) is 38.7 Å². The number of rotatable bonds is 8. The molecule has 39 heavy (non-hydrogen) atoms. The van der Waals surface area contributed by atoms with E-state index in [0.717, 1.165) is 34.2 Å². The Morgan fingerprint density at radius 3 is 2.49 bits per heavy atom. The minimum Gasteiger partial charge on any atom is -0.406 e. The highest BCUT2D eigenvalue weighted by Gasteiger charge is 2.31. The van der Waals surface area contributed by atoms with Gasteiger partial charge in [-0.15, -0.1) is 18.3 Å². The first-order valence-electron chi connectivity index (χ1n) is 12.2. The molecule has 0 bridgehead atoms. The minimum atomic E-state index is -4.75. The van der Waals surface area contributed by atoms with Crippen LogP contribution in [0.25, 0.3) is 17.1 Å². The maximum atomic E-state index is 12.4. The highest BCUT2D eigenvalue weighted by Crippen LogP contribution is 2.24. The van der Waals surface area contributed by atoms with Gasteiger partial charge in [-0.2, -0.15) is 0 Å². The predicted octanol–water partition coefficient (Wildman–Crippen LogP) is 5.92. The molecular formula is C28H26F3N5O2S. The van der Waals surface area contributed by atoms with Crippen molar-refractivity contribution in [2.75, 3.05) is 6.54 Å². The van der Waals surface area contributed by atoms with Gasteiger partial charge in [0.1, 0.15) is 17.1 Å². The molecule has 3 aromatic carbocycles. The number of amides is 2. The standard InChI is InChI=1S/C28H26F3N5O2S/c1-3-19-6-4-5-7-24(19)26(39)34-27(37)32-15-14-20-8-9-21(16-18(20)2)25-33-17-36(35-25)22-10-12-23(13-11-22)38-28(29,30)31/h4-13,16-17H,3,14-15H2,1-2H3,(H2,32,34,37,39). The molecule has 0 aliphatic carbocycles. The summed E-state index contributed by atoms with van der Waals surface area (Å²) < 4.78 is 42.5. The molecule has 4 rings (SSSR count). The molecule has 0 spiro atoms. The second kappa shape index (κ2) is 12.1. The normalized spacial score (nSPS) is 11.2. The third-order valence-electron chi connectivity index (χ3n) is 5.98. The molecule has 2 amide bonds. The zero-order valence-corrected chi connectivity index (χ0v) is 22.1. The van der Waals surface area contributed by atoms with Gasteiger partial charge in [-0.3, -0.25) is 5.32 Å². The van der Waals surface area contributed by atoms with Gasteiger partial charge in [-0.25, -0.2) is 14.5 Å². The number of thiocarbonyl (C=S) groups is 1. The van der Waals surface area contributed by atoms with Gasteiger partial charge in [-0.1, -0.05) is 55.5 Å². The molecule has 0 fully saturated rings. The van der Waals surface area contributed by atoms with Crippen LogP contribution in [0.15, 0.2) is 73.1 Å². The summed E-state index contributed by atoms with van der Waals surface area (Å²) in [6.07, 6.45) is -1.82. The van der Waals surface area contributed by atoms with Crippen molar-refractivity contribution in [1.82, 2.24) is 25.4 Å². The number of alkyl halides is 3. The zero-order chi connectivity index (χ0) is 28.0. The molecule has 7 nitrogen and oxygen atoms in total. The molecule has 1 aromatic heterocycles. The number of nitrogens with one attached hydrogen (secondary N) is 2. The van der Waals surface area contributed by atoms with E-state index in [4.69, 9.17) is 12.2 Å². The van der Waals surface area contributed by atoms with Crippen LogP contribution in [0, 0.1) is 6.92 Å². The number of benzene rings is 3. The maximum Gasteiger partial charge on any atom is 0.573 e. The molecule has 0 aliphatic heterocycles. The van der Waals surface area contributed by atoms with E-state index in [0.29, 0.717) is 29.5 Å². The molecule has 0 saturated heterocycles. The van der Waals surface area contributed by atoms with Gasteiger partial charge in [-0.05, 0) is 66.8 Å². The van der Waals surface area contributed by atoms with Crippen molar-refractivity contribution >= 4 is 23.2 Å². The van der Waals surface area contributed by atoms with Crippen molar-refractivity contribution < 1.29 is 22.7 Å². The Morgan fingerprint density at radius 2 is 1.79 bits per heavy atom. The van der Waals surface area contributed by atoms with Crippen LogP contribution in [0.2, 0.25) is 0 Å². The largest absolute Gasteiger partial charge is 0.573 e. The van der Waals surface area contributed by atoms with Crippen molar-refractivity contribution in [2.45, 2.75) is 33.1 Å². The number of aromatic nitrogens is 3. The van der Waals surface area contributed by atoms with Crippen molar-refractivity contribution in [2.24, 2.45) is 0 Å². The first-order valence-corrected chi connectivity index (χ1v) is 12.6. The summed E-state index contributed by atoms with van der Waals surface area (Å²) in [6, 6.07) is 18.5. The third kappa shape index (κ3) is 7.41. The number of urea groups is 1. The van der Waals surface area contributed by atoms with Gasteiger partial charge in [0.05, 0.1) is 5.69 Å². The Bertz CT molecular complexity index is 1470. The summed E-state index contributed by atoms with van der Waals surface area (Å²) >= 11 is 5.40. The van der Waals surface area contributed by atoms with E-state index in [1.165, 1.54) is 35.3 Å². The average Bonchev–Trinajstić information content (AvgIpc) is 3.39. The maximum absolute atomic E-state index is 12.4. The number of nitrogens with zero attached hydrogens (tertiary/aromatic N) is 3. The van der Waals surface area contributed by atoms with E-state index < -0.39 is 6.36 Å². The molecular weight excluding hydrogens is 527 g/mol. The highest BCUT2D eigenvalue weighted by molar-refractivity contribution is 7.80. The van der Waals surface area contributed by atoms with Crippen LogP contribution in [0.3, 0.4) is 0 Å². The number of hydrogen-bond donors (Lipinski definition) is 2. The molecule has 0 aliphatic rings. The van der Waals surface area contributed by atoms with Gasteiger partial charge in [0.2, 0.25) is 0 Å². The Balaban J connectivity index is 1.32. The fourth-order valence-corrected chi connectivity index (χ4v) is 4.30. The number of ether oxygens (including phenoxy) is 1. The summed E-state index contributed by atoms with van der Waals surface area (Å²) in [6.45, 7) is 4.42. The van der Waals surface area contributed by atoms with Crippen molar-refractivity contribution in [1.29, 1.82) is 0 Å². The Labute approximate surface area is 229 Å². The molecule has 0 unspecified atom stereocenters. The molecule has 2 N–H and O–H groups in total. The van der Waals surface area contributed by atoms with E-state index in [2.05, 4.69) is 25.5 Å².